The van der Waals surface area contributed by atoms with E-state index in [1.54, 1.807) is 25.6 Å². The lowest BCUT2D eigenvalue weighted by Crippen LogP contribution is -2.37. The Hall–Kier alpha value is -3.53. The van der Waals surface area contributed by atoms with Crippen molar-refractivity contribution < 1.29 is 14.3 Å². The molecule has 132 valence electrons. The number of hydrogen-bond acceptors (Lipinski definition) is 6. The zero-order valence-electron chi connectivity index (χ0n) is 14.3. The van der Waals surface area contributed by atoms with Crippen LogP contribution in [-0.4, -0.2) is 38.0 Å². The molecule has 7 nitrogen and oxygen atoms in total. The molecular weight excluding hydrogens is 332 g/mol. The third kappa shape index (κ3) is 3.92. The summed E-state index contributed by atoms with van der Waals surface area (Å²) in [6.45, 7) is 1.52. The van der Waals surface area contributed by atoms with Gasteiger partial charge in [-0.2, -0.15) is 10.4 Å². The van der Waals surface area contributed by atoms with Crippen molar-refractivity contribution in [2.45, 2.75) is 6.61 Å². The monoisotopic (exact) mass is 350 g/mol. The van der Waals surface area contributed by atoms with Crippen LogP contribution in [0.2, 0.25) is 0 Å². The lowest BCUT2D eigenvalue weighted by Gasteiger charge is -2.26. The van der Waals surface area contributed by atoms with Crippen molar-refractivity contribution in [1.82, 2.24) is 5.01 Å². The summed E-state index contributed by atoms with van der Waals surface area (Å²) in [6.07, 6.45) is 2.33. The molecule has 0 bridgehead atoms. The van der Waals surface area contributed by atoms with E-state index >= 15 is 0 Å². The number of ether oxygens (including phenoxy) is 2. The fourth-order valence-corrected chi connectivity index (χ4v) is 2.58. The molecule has 0 radical (unpaired) electrons. The number of benzene rings is 2. The van der Waals surface area contributed by atoms with E-state index in [0.717, 1.165) is 11.3 Å². The Morgan fingerprint density at radius 1 is 1.27 bits per heavy atom. The first kappa shape index (κ1) is 17.3. The van der Waals surface area contributed by atoms with Crippen LogP contribution in [0.25, 0.3) is 0 Å². The number of hydrogen-bond donors (Lipinski definition) is 0. The minimum Gasteiger partial charge on any atom is -0.496 e. The largest absolute Gasteiger partial charge is 0.496 e. The van der Waals surface area contributed by atoms with Gasteiger partial charge < -0.3 is 14.4 Å². The molecule has 2 aromatic rings. The number of amides is 1. The topological polar surface area (TPSA) is 78.2 Å². The molecule has 1 aliphatic rings. The highest BCUT2D eigenvalue weighted by molar-refractivity contribution is 5.80. The standard InChI is InChI=1S/C19H18N4O3/c1-25-19-9-15(11-20)5-6-16(19)12-26-18-4-2-3-17(10-18)22-7-8-23(14-24)21-13-22/h2-6,9-10,13-14H,7-8,12H2,1H3. The molecule has 0 fully saturated rings. The SMILES string of the molecule is COc1cc(C#N)ccc1COc1cccc(N2C=NN(C=O)CC2)c1. The third-order valence-corrected chi connectivity index (χ3v) is 3.99. The maximum atomic E-state index is 10.7. The smallest absolute Gasteiger partial charge is 0.229 e. The maximum Gasteiger partial charge on any atom is 0.229 e. The van der Waals surface area contributed by atoms with Gasteiger partial charge in [-0.25, -0.2) is 5.01 Å². The minimum atomic E-state index is 0.325. The average Bonchev–Trinajstić information content (AvgIpc) is 2.72. The molecule has 0 N–H and O–H groups in total. The minimum absolute atomic E-state index is 0.325. The third-order valence-electron chi connectivity index (χ3n) is 3.99. The highest BCUT2D eigenvalue weighted by atomic mass is 16.5. The summed E-state index contributed by atoms with van der Waals surface area (Å²) in [7, 11) is 1.57. The molecule has 0 saturated carbocycles. The molecule has 1 heterocycles. The van der Waals surface area contributed by atoms with E-state index in [9.17, 15) is 4.79 Å². The van der Waals surface area contributed by atoms with E-state index in [0.29, 0.717) is 43.2 Å². The van der Waals surface area contributed by atoms with Gasteiger partial charge >= 0.3 is 0 Å². The molecule has 1 amide bonds. The summed E-state index contributed by atoms with van der Waals surface area (Å²) in [6, 6.07) is 15.0. The Balaban J connectivity index is 1.70. The van der Waals surface area contributed by atoms with Crippen LogP contribution in [0.4, 0.5) is 5.69 Å². The van der Waals surface area contributed by atoms with Crippen molar-refractivity contribution in [3.05, 3.63) is 53.6 Å². The summed E-state index contributed by atoms with van der Waals surface area (Å²) >= 11 is 0. The molecule has 0 aromatic heterocycles. The van der Waals surface area contributed by atoms with Gasteiger partial charge in [0.2, 0.25) is 6.41 Å². The number of carbonyl (C=O) groups is 1. The number of nitrogens with zero attached hydrogens (tertiary/aromatic N) is 4. The predicted octanol–water partition coefficient (Wildman–Crippen LogP) is 2.37. The van der Waals surface area contributed by atoms with E-state index in [4.69, 9.17) is 14.7 Å². The Bertz CT molecular complexity index is 860. The second kappa shape index (κ2) is 8.03. The second-order valence-electron chi connectivity index (χ2n) is 5.62. The molecule has 0 spiro atoms. The molecule has 3 rings (SSSR count). The molecule has 2 aromatic carbocycles. The normalized spacial score (nSPS) is 13.2. The molecule has 0 unspecified atom stereocenters. The van der Waals surface area contributed by atoms with Gasteiger partial charge in [0.05, 0.1) is 25.3 Å². The van der Waals surface area contributed by atoms with Gasteiger partial charge in [0.25, 0.3) is 0 Å². The van der Waals surface area contributed by atoms with Gasteiger partial charge in [-0.1, -0.05) is 12.1 Å². The van der Waals surface area contributed by atoms with Crippen LogP contribution in [-0.2, 0) is 11.4 Å². The molecule has 1 aliphatic heterocycles. The summed E-state index contributed by atoms with van der Waals surface area (Å²) in [5.74, 6) is 1.33. The van der Waals surface area contributed by atoms with Crippen molar-refractivity contribution in [1.29, 1.82) is 5.26 Å². The number of nitriles is 1. The first-order valence-electron chi connectivity index (χ1n) is 8.06. The average molecular weight is 350 g/mol. The number of anilines is 1. The van der Waals surface area contributed by atoms with Crippen molar-refractivity contribution in [3.8, 4) is 17.6 Å². The van der Waals surface area contributed by atoms with Gasteiger partial charge in [-0.3, -0.25) is 4.79 Å². The Labute approximate surface area is 151 Å². The van der Waals surface area contributed by atoms with Gasteiger partial charge in [-0.15, -0.1) is 0 Å². The summed E-state index contributed by atoms with van der Waals surface area (Å²) in [5.41, 5.74) is 2.34. The summed E-state index contributed by atoms with van der Waals surface area (Å²) in [4.78, 5) is 12.7. The Morgan fingerprint density at radius 3 is 2.85 bits per heavy atom. The number of hydrazone groups is 1. The molecule has 7 heteroatoms. The van der Waals surface area contributed by atoms with Crippen molar-refractivity contribution in [2.75, 3.05) is 25.1 Å². The second-order valence-corrected chi connectivity index (χ2v) is 5.62. The van der Waals surface area contributed by atoms with E-state index in [-0.39, 0.29) is 0 Å². The predicted molar refractivity (Wildman–Crippen MR) is 97.1 cm³/mol. The van der Waals surface area contributed by atoms with Crippen LogP contribution < -0.4 is 14.4 Å². The highest BCUT2D eigenvalue weighted by Gasteiger charge is 2.13. The van der Waals surface area contributed by atoms with Crippen LogP contribution in [0.15, 0.2) is 47.6 Å². The molecular formula is C19H18N4O3. The van der Waals surface area contributed by atoms with Crippen LogP contribution in [0.5, 0.6) is 11.5 Å². The van der Waals surface area contributed by atoms with Crippen LogP contribution in [0, 0.1) is 11.3 Å². The highest BCUT2D eigenvalue weighted by Crippen LogP contribution is 2.25. The number of methoxy groups -OCH3 is 1. The molecule has 26 heavy (non-hydrogen) atoms. The van der Waals surface area contributed by atoms with Crippen molar-refractivity contribution >= 4 is 18.4 Å². The zero-order valence-corrected chi connectivity index (χ0v) is 14.3. The van der Waals surface area contributed by atoms with Crippen LogP contribution >= 0.6 is 0 Å². The summed E-state index contributed by atoms with van der Waals surface area (Å²) in [5, 5.41) is 14.4. The quantitative estimate of drug-likeness (QED) is 0.748. The molecule has 0 aliphatic carbocycles. The fraction of sp³-hybridized carbons (Fsp3) is 0.211. The van der Waals surface area contributed by atoms with E-state index in [1.165, 1.54) is 5.01 Å². The first-order valence-corrected chi connectivity index (χ1v) is 8.06. The van der Waals surface area contributed by atoms with E-state index < -0.39 is 0 Å². The number of rotatable bonds is 6. The lowest BCUT2D eigenvalue weighted by molar-refractivity contribution is -0.118. The summed E-state index contributed by atoms with van der Waals surface area (Å²) < 4.78 is 11.2. The Morgan fingerprint density at radius 2 is 2.15 bits per heavy atom. The number of carbonyl (C=O) groups excluding carboxylic acids is 1. The molecule has 0 saturated heterocycles. The van der Waals surface area contributed by atoms with Crippen LogP contribution in [0.3, 0.4) is 0 Å². The van der Waals surface area contributed by atoms with Crippen molar-refractivity contribution in [3.63, 3.8) is 0 Å². The molecule has 0 atom stereocenters. The van der Waals surface area contributed by atoms with E-state index in [2.05, 4.69) is 11.2 Å². The van der Waals surface area contributed by atoms with Crippen molar-refractivity contribution in [2.24, 2.45) is 5.10 Å². The lowest BCUT2D eigenvalue weighted by atomic mass is 10.1. The van der Waals surface area contributed by atoms with Gasteiger partial charge in [0, 0.05) is 23.9 Å². The van der Waals surface area contributed by atoms with E-state index in [1.807, 2.05) is 35.2 Å². The first-order chi connectivity index (χ1) is 12.7. The Kier molecular flexibility index (Phi) is 5.34. The van der Waals surface area contributed by atoms with Gasteiger partial charge in [-0.05, 0) is 24.3 Å². The van der Waals surface area contributed by atoms with Gasteiger partial charge in [0.1, 0.15) is 24.4 Å². The maximum absolute atomic E-state index is 10.7. The fourth-order valence-electron chi connectivity index (χ4n) is 2.58. The van der Waals surface area contributed by atoms with Gasteiger partial charge in [0.15, 0.2) is 0 Å². The zero-order chi connectivity index (χ0) is 18.4. The van der Waals surface area contributed by atoms with Crippen LogP contribution in [0.1, 0.15) is 11.1 Å².